The molecule has 0 N–H and O–H groups in total. The number of ether oxygens (including phenoxy) is 1. The Kier molecular flexibility index (Phi) is 4.44. The maximum Gasteiger partial charge on any atom is 0.241 e. The average Bonchev–Trinajstić information content (AvgIpc) is 3.14. The van der Waals surface area contributed by atoms with Crippen molar-refractivity contribution in [3.05, 3.63) is 102 Å². The number of hydrazone groups is 1. The van der Waals surface area contributed by atoms with Gasteiger partial charge in [-0.15, -0.1) is 5.10 Å². The molecule has 136 valence electrons. The van der Waals surface area contributed by atoms with Gasteiger partial charge >= 0.3 is 0 Å². The number of anilines is 1. The predicted octanol–water partition coefficient (Wildman–Crippen LogP) is 5.88. The van der Waals surface area contributed by atoms with Gasteiger partial charge in [0.05, 0.1) is 5.69 Å². The van der Waals surface area contributed by atoms with Crippen molar-refractivity contribution in [3.63, 3.8) is 0 Å². The van der Waals surface area contributed by atoms with Gasteiger partial charge in [0.2, 0.25) is 12.1 Å². The Bertz CT molecular complexity index is 926. The monoisotopic (exact) mass is 356 g/mol. The van der Waals surface area contributed by atoms with Crippen LogP contribution in [0.3, 0.4) is 0 Å². The van der Waals surface area contributed by atoms with E-state index in [1.807, 2.05) is 41.4 Å². The second-order valence-electron chi connectivity index (χ2n) is 7.79. The first kappa shape index (κ1) is 17.3. The molecule has 0 aliphatic carbocycles. The van der Waals surface area contributed by atoms with E-state index in [-0.39, 0.29) is 11.6 Å². The predicted molar refractivity (Wildman–Crippen MR) is 111 cm³/mol. The molecule has 1 unspecified atom stereocenters. The molecular weight excluding hydrogens is 332 g/mol. The summed E-state index contributed by atoms with van der Waals surface area (Å²) in [6, 6.07) is 28.8. The van der Waals surface area contributed by atoms with Crippen LogP contribution in [0.2, 0.25) is 0 Å². The van der Waals surface area contributed by atoms with E-state index in [9.17, 15) is 0 Å². The fourth-order valence-electron chi connectivity index (χ4n) is 3.17. The highest BCUT2D eigenvalue weighted by atomic mass is 16.5. The Balaban J connectivity index is 1.70. The maximum absolute atomic E-state index is 6.30. The summed E-state index contributed by atoms with van der Waals surface area (Å²) >= 11 is 0. The van der Waals surface area contributed by atoms with Gasteiger partial charge < -0.3 is 4.74 Å². The number of nitrogens with zero attached hydrogens (tertiary/aromatic N) is 2. The van der Waals surface area contributed by atoms with Crippen molar-refractivity contribution < 1.29 is 4.74 Å². The SMILES string of the molecule is CC(C)(C)c1ccc(C2=NN(c3ccccc3)C(c3ccccc3)O2)cc1. The molecule has 0 aromatic heterocycles. The zero-order chi connectivity index (χ0) is 18.9. The molecule has 1 heterocycles. The van der Waals surface area contributed by atoms with E-state index in [2.05, 4.69) is 69.3 Å². The van der Waals surface area contributed by atoms with E-state index in [0.717, 1.165) is 16.8 Å². The quantitative estimate of drug-likeness (QED) is 0.585. The van der Waals surface area contributed by atoms with Crippen molar-refractivity contribution >= 4 is 11.6 Å². The summed E-state index contributed by atoms with van der Waals surface area (Å²) in [4.78, 5) is 0. The van der Waals surface area contributed by atoms with Crippen LogP contribution in [-0.2, 0) is 10.2 Å². The number of para-hydroxylation sites is 1. The Hall–Kier alpha value is -3.07. The van der Waals surface area contributed by atoms with E-state index in [4.69, 9.17) is 9.84 Å². The minimum Gasteiger partial charge on any atom is -0.446 e. The van der Waals surface area contributed by atoms with Crippen LogP contribution >= 0.6 is 0 Å². The van der Waals surface area contributed by atoms with Gasteiger partial charge in [-0.1, -0.05) is 81.4 Å². The second-order valence-corrected chi connectivity index (χ2v) is 7.79. The molecule has 1 aliphatic rings. The zero-order valence-corrected chi connectivity index (χ0v) is 16.0. The standard InChI is InChI=1S/C24H24N2O/c1-24(2,3)20-16-14-18(15-17-20)22-25-26(21-12-8-5-9-13-21)23(27-22)19-10-6-4-7-11-19/h4-17,23H,1-3H3. The average molecular weight is 356 g/mol. The minimum atomic E-state index is -0.272. The lowest BCUT2D eigenvalue weighted by molar-refractivity contribution is 0.218. The first-order valence-electron chi connectivity index (χ1n) is 9.28. The van der Waals surface area contributed by atoms with Crippen molar-refractivity contribution in [3.8, 4) is 0 Å². The molecule has 3 nitrogen and oxygen atoms in total. The highest BCUT2D eigenvalue weighted by Crippen LogP contribution is 2.34. The molecule has 3 aromatic carbocycles. The summed E-state index contributed by atoms with van der Waals surface area (Å²) in [6.45, 7) is 6.65. The lowest BCUT2D eigenvalue weighted by Gasteiger charge is -2.22. The fraction of sp³-hybridized carbons (Fsp3) is 0.208. The van der Waals surface area contributed by atoms with Crippen LogP contribution in [-0.4, -0.2) is 5.90 Å². The molecule has 0 spiro atoms. The molecule has 1 atom stereocenters. The smallest absolute Gasteiger partial charge is 0.241 e. The van der Waals surface area contributed by atoms with Gasteiger partial charge in [0, 0.05) is 11.1 Å². The molecule has 27 heavy (non-hydrogen) atoms. The molecular formula is C24H24N2O. The van der Waals surface area contributed by atoms with E-state index in [1.165, 1.54) is 5.56 Å². The van der Waals surface area contributed by atoms with Crippen LogP contribution in [0.1, 0.15) is 43.7 Å². The minimum absolute atomic E-state index is 0.125. The van der Waals surface area contributed by atoms with Crippen molar-refractivity contribution in [1.82, 2.24) is 0 Å². The molecule has 4 rings (SSSR count). The Morgan fingerprint density at radius 1 is 0.778 bits per heavy atom. The molecule has 3 heteroatoms. The molecule has 0 radical (unpaired) electrons. The van der Waals surface area contributed by atoms with Gasteiger partial charge in [0.25, 0.3) is 0 Å². The lowest BCUT2D eigenvalue weighted by atomic mass is 9.87. The second kappa shape index (κ2) is 6.92. The van der Waals surface area contributed by atoms with Gasteiger partial charge in [-0.2, -0.15) is 0 Å². The van der Waals surface area contributed by atoms with Crippen LogP contribution in [0.4, 0.5) is 5.69 Å². The van der Waals surface area contributed by atoms with E-state index in [1.54, 1.807) is 0 Å². The summed E-state index contributed by atoms with van der Waals surface area (Å²) in [5, 5.41) is 6.75. The zero-order valence-electron chi connectivity index (χ0n) is 16.0. The van der Waals surface area contributed by atoms with Crippen molar-refractivity contribution in [2.45, 2.75) is 32.4 Å². The van der Waals surface area contributed by atoms with Gasteiger partial charge in [-0.25, -0.2) is 5.01 Å². The molecule has 0 bridgehead atoms. The Labute approximate surface area is 160 Å². The van der Waals surface area contributed by atoms with Gasteiger partial charge in [0.15, 0.2) is 0 Å². The first-order valence-corrected chi connectivity index (χ1v) is 9.28. The van der Waals surface area contributed by atoms with Crippen molar-refractivity contribution in [2.75, 3.05) is 5.01 Å². The summed E-state index contributed by atoms with van der Waals surface area (Å²) in [7, 11) is 0. The summed E-state index contributed by atoms with van der Waals surface area (Å²) in [5.41, 5.74) is 4.49. The number of hydrogen-bond donors (Lipinski definition) is 0. The van der Waals surface area contributed by atoms with Crippen molar-refractivity contribution in [1.29, 1.82) is 0 Å². The molecule has 1 aliphatic heterocycles. The van der Waals surface area contributed by atoms with Crippen LogP contribution in [0.5, 0.6) is 0 Å². The molecule has 0 saturated carbocycles. The van der Waals surface area contributed by atoms with Crippen LogP contribution < -0.4 is 5.01 Å². The van der Waals surface area contributed by atoms with E-state index < -0.39 is 0 Å². The number of benzene rings is 3. The van der Waals surface area contributed by atoms with Crippen molar-refractivity contribution in [2.24, 2.45) is 5.10 Å². The van der Waals surface area contributed by atoms with Gasteiger partial charge in [0.1, 0.15) is 0 Å². The van der Waals surface area contributed by atoms with Crippen LogP contribution in [0, 0.1) is 0 Å². The Morgan fingerprint density at radius 2 is 1.37 bits per heavy atom. The van der Waals surface area contributed by atoms with E-state index >= 15 is 0 Å². The number of rotatable bonds is 3. The third-order valence-corrected chi connectivity index (χ3v) is 4.75. The topological polar surface area (TPSA) is 24.8 Å². The third kappa shape index (κ3) is 3.59. The summed E-state index contributed by atoms with van der Waals surface area (Å²) in [5.74, 6) is 0.646. The van der Waals surface area contributed by atoms with Crippen LogP contribution in [0.25, 0.3) is 0 Å². The summed E-state index contributed by atoms with van der Waals surface area (Å²) < 4.78 is 6.30. The largest absolute Gasteiger partial charge is 0.446 e. The normalized spacial score (nSPS) is 16.8. The Morgan fingerprint density at radius 3 is 1.96 bits per heavy atom. The molecule has 0 fully saturated rings. The van der Waals surface area contributed by atoms with Gasteiger partial charge in [-0.3, -0.25) is 0 Å². The molecule has 0 amide bonds. The van der Waals surface area contributed by atoms with E-state index in [0.29, 0.717) is 5.90 Å². The molecule has 0 saturated heterocycles. The summed E-state index contributed by atoms with van der Waals surface area (Å²) in [6.07, 6.45) is -0.272. The highest BCUT2D eigenvalue weighted by molar-refractivity contribution is 5.96. The van der Waals surface area contributed by atoms with Gasteiger partial charge in [-0.05, 0) is 35.2 Å². The maximum atomic E-state index is 6.30. The number of hydrogen-bond acceptors (Lipinski definition) is 3. The fourth-order valence-corrected chi connectivity index (χ4v) is 3.17. The molecule has 3 aromatic rings. The first-order chi connectivity index (χ1) is 13.0. The highest BCUT2D eigenvalue weighted by Gasteiger charge is 2.31. The third-order valence-electron chi connectivity index (χ3n) is 4.75. The van der Waals surface area contributed by atoms with Crippen LogP contribution in [0.15, 0.2) is 90.0 Å². The lowest BCUT2D eigenvalue weighted by Crippen LogP contribution is -2.19.